The van der Waals surface area contributed by atoms with Gasteiger partial charge in [-0.15, -0.1) is 11.3 Å². The van der Waals surface area contributed by atoms with Crippen molar-refractivity contribution >= 4 is 45.2 Å². The standard InChI is InChI=1S/C18H17N3O5S/c1-21-8-13(12-5-3-4-6-14(12)21)17(24)26-9-15(22)20-18-19-11(10-27-18)7-16(23)25-2/h3-6,8,10H,7,9H2,1-2H3,(H,19,20,22). The number of anilines is 1. The number of hydrogen-bond donors (Lipinski definition) is 1. The first-order valence-electron chi connectivity index (χ1n) is 8.00. The largest absolute Gasteiger partial charge is 0.469 e. The number of para-hydroxylation sites is 1. The van der Waals surface area contributed by atoms with Crippen molar-refractivity contribution in [2.45, 2.75) is 6.42 Å². The minimum atomic E-state index is -0.576. The Morgan fingerprint density at radius 1 is 1.26 bits per heavy atom. The molecule has 3 aromatic rings. The summed E-state index contributed by atoms with van der Waals surface area (Å²) < 4.78 is 11.5. The molecule has 1 N–H and O–H groups in total. The van der Waals surface area contributed by atoms with Gasteiger partial charge in [-0.25, -0.2) is 9.78 Å². The number of carbonyl (C=O) groups excluding carboxylic acids is 3. The highest BCUT2D eigenvalue weighted by molar-refractivity contribution is 7.13. The van der Waals surface area contributed by atoms with E-state index in [0.29, 0.717) is 16.4 Å². The predicted octanol–water partition coefficient (Wildman–Crippen LogP) is 2.15. The molecule has 0 aliphatic carbocycles. The highest BCUT2D eigenvalue weighted by Gasteiger charge is 2.17. The van der Waals surface area contributed by atoms with Gasteiger partial charge in [0.25, 0.3) is 5.91 Å². The van der Waals surface area contributed by atoms with Crippen molar-refractivity contribution in [1.29, 1.82) is 0 Å². The normalized spacial score (nSPS) is 10.6. The molecule has 0 bridgehead atoms. The third-order valence-electron chi connectivity index (χ3n) is 3.80. The summed E-state index contributed by atoms with van der Waals surface area (Å²) in [6.45, 7) is -0.437. The molecule has 0 saturated carbocycles. The Morgan fingerprint density at radius 3 is 2.81 bits per heavy atom. The van der Waals surface area contributed by atoms with Crippen LogP contribution in [0.2, 0.25) is 0 Å². The summed E-state index contributed by atoms with van der Waals surface area (Å²) in [4.78, 5) is 39.6. The number of benzene rings is 1. The molecule has 2 aromatic heterocycles. The van der Waals surface area contributed by atoms with E-state index < -0.39 is 24.5 Å². The van der Waals surface area contributed by atoms with Gasteiger partial charge in [-0.2, -0.15) is 0 Å². The number of methoxy groups -OCH3 is 1. The molecule has 0 unspecified atom stereocenters. The lowest BCUT2D eigenvalue weighted by atomic mass is 10.2. The van der Waals surface area contributed by atoms with Crippen molar-refractivity contribution in [2.24, 2.45) is 7.05 Å². The molecule has 2 heterocycles. The zero-order chi connectivity index (χ0) is 19.4. The number of rotatable bonds is 6. The highest BCUT2D eigenvalue weighted by Crippen LogP contribution is 2.21. The van der Waals surface area contributed by atoms with E-state index in [1.807, 2.05) is 35.9 Å². The van der Waals surface area contributed by atoms with E-state index in [9.17, 15) is 14.4 Å². The number of ether oxygens (including phenoxy) is 2. The van der Waals surface area contributed by atoms with Crippen LogP contribution in [0.1, 0.15) is 16.1 Å². The first kappa shape index (κ1) is 18.6. The molecular weight excluding hydrogens is 370 g/mol. The van der Waals surface area contributed by atoms with Gasteiger partial charge in [-0.1, -0.05) is 18.2 Å². The quantitative estimate of drug-likeness (QED) is 0.651. The number of aryl methyl sites for hydroxylation is 1. The molecule has 3 rings (SSSR count). The minimum absolute atomic E-state index is 0.0267. The van der Waals surface area contributed by atoms with Crippen molar-refractivity contribution < 1.29 is 23.9 Å². The molecular formula is C18H17N3O5S. The number of aromatic nitrogens is 2. The second kappa shape index (κ2) is 8.00. The number of hydrogen-bond acceptors (Lipinski definition) is 7. The monoisotopic (exact) mass is 387 g/mol. The molecule has 0 spiro atoms. The molecule has 0 fully saturated rings. The predicted molar refractivity (Wildman–Crippen MR) is 99.7 cm³/mol. The summed E-state index contributed by atoms with van der Waals surface area (Å²) in [5.41, 5.74) is 1.79. The van der Waals surface area contributed by atoms with Crippen LogP contribution in [0.4, 0.5) is 5.13 Å². The van der Waals surface area contributed by atoms with E-state index in [1.165, 1.54) is 18.4 Å². The number of nitrogens with one attached hydrogen (secondary N) is 1. The Morgan fingerprint density at radius 2 is 2.04 bits per heavy atom. The third-order valence-corrected chi connectivity index (χ3v) is 4.61. The lowest BCUT2D eigenvalue weighted by molar-refractivity contribution is -0.139. The lowest BCUT2D eigenvalue weighted by Gasteiger charge is -2.04. The van der Waals surface area contributed by atoms with Crippen LogP contribution >= 0.6 is 11.3 Å². The maximum atomic E-state index is 12.3. The van der Waals surface area contributed by atoms with Crippen LogP contribution < -0.4 is 5.32 Å². The van der Waals surface area contributed by atoms with E-state index >= 15 is 0 Å². The van der Waals surface area contributed by atoms with Crippen LogP contribution in [0.25, 0.3) is 10.9 Å². The Balaban J connectivity index is 1.57. The molecule has 140 valence electrons. The number of carbonyl (C=O) groups is 3. The van der Waals surface area contributed by atoms with Crippen LogP contribution in [0, 0.1) is 0 Å². The van der Waals surface area contributed by atoms with Gasteiger partial charge in [0.05, 0.1) is 24.8 Å². The molecule has 1 aromatic carbocycles. The van der Waals surface area contributed by atoms with Gasteiger partial charge >= 0.3 is 11.9 Å². The fraction of sp³-hybridized carbons (Fsp3) is 0.222. The Kier molecular flexibility index (Phi) is 5.51. The van der Waals surface area contributed by atoms with Gasteiger partial charge in [-0.05, 0) is 6.07 Å². The maximum Gasteiger partial charge on any atom is 0.340 e. The molecule has 27 heavy (non-hydrogen) atoms. The zero-order valence-electron chi connectivity index (χ0n) is 14.7. The summed E-state index contributed by atoms with van der Waals surface area (Å²) in [5, 5.41) is 5.27. The number of nitrogens with zero attached hydrogens (tertiary/aromatic N) is 2. The Bertz CT molecular complexity index is 1010. The van der Waals surface area contributed by atoms with E-state index in [4.69, 9.17) is 4.74 Å². The number of esters is 2. The van der Waals surface area contributed by atoms with Crippen LogP contribution in [-0.4, -0.2) is 41.1 Å². The van der Waals surface area contributed by atoms with Gasteiger partial charge in [0, 0.05) is 29.5 Å². The summed E-state index contributed by atoms with van der Waals surface area (Å²) >= 11 is 1.17. The average Bonchev–Trinajstić information content (AvgIpc) is 3.24. The Labute approximate surface area is 158 Å². The number of fused-ring (bicyclic) bond motifs is 1. The SMILES string of the molecule is COC(=O)Cc1csc(NC(=O)COC(=O)c2cn(C)c3ccccc23)n1. The fourth-order valence-electron chi connectivity index (χ4n) is 2.53. The van der Waals surface area contributed by atoms with Crippen molar-refractivity contribution in [3.05, 3.63) is 47.1 Å². The van der Waals surface area contributed by atoms with Gasteiger partial charge in [0.15, 0.2) is 11.7 Å². The smallest absolute Gasteiger partial charge is 0.340 e. The van der Waals surface area contributed by atoms with Crippen molar-refractivity contribution in [3.8, 4) is 0 Å². The molecule has 9 heteroatoms. The first-order valence-corrected chi connectivity index (χ1v) is 8.88. The number of thiazole rings is 1. The molecule has 1 amide bonds. The third kappa shape index (κ3) is 4.32. The molecule has 8 nitrogen and oxygen atoms in total. The minimum Gasteiger partial charge on any atom is -0.469 e. The van der Waals surface area contributed by atoms with Crippen LogP contribution in [0.5, 0.6) is 0 Å². The zero-order valence-corrected chi connectivity index (χ0v) is 15.5. The highest BCUT2D eigenvalue weighted by atomic mass is 32.1. The second-order valence-electron chi connectivity index (χ2n) is 5.69. The molecule has 0 saturated heterocycles. The van der Waals surface area contributed by atoms with Gasteiger partial charge in [0.1, 0.15) is 0 Å². The molecule has 0 aliphatic rings. The summed E-state index contributed by atoms with van der Waals surface area (Å²) in [7, 11) is 3.13. The van der Waals surface area contributed by atoms with E-state index in [2.05, 4.69) is 15.0 Å². The Hall–Kier alpha value is -3.20. The van der Waals surface area contributed by atoms with Crippen molar-refractivity contribution in [1.82, 2.24) is 9.55 Å². The van der Waals surface area contributed by atoms with Crippen molar-refractivity contribution in [3.63, 3.8) is 0 Å². The maximum absolute atomic E-state index is 12.3. The summed E-state index contributed by atoms with van der Waals surface area (Å²) in [6, 6.07) is 7.44. The molecule has 0 aliphatic heterocycles. The van der Waals surface area contributed by atoms with Crippen LogP contribution in [0.15, 0.2) is 35.8 Å². The van der Waals surface area contributed by atoms with E-state index in [0.717, 1.165) is 10.9 Å². The second-order valence-corrected chi connectivity index (χ2v) is 6.55. The van der Waals surface area contributed by atoms with Crippen LogP contribution in [-0.2, 0) is 32.5 Å². The number of amides is 1. The van der Waals surface area contributed by atoms with Gasteiger partial charge in [-0.3, -0.25) is 14.9 Å². The van der Waals surface area contributed by atoms with E-state index in [1.54, 1.807) is 11.6 Å². The summed E-state index contributed by atoms with van der Waals surface area (Å²) in [6.07, 6.45) is 1.70. The van der Waals surface area contributed by atoms with Crippen molar-refractivity contribution in [2.75, 3.05) is 19.0 Å². The van der Waals surface area contributed by atoms with Gasteiger partial charge in [0.2, 0.25) is 0 Å². The topological polar surface area (TPSA) is 99.5 Å². The van der Waals surface area contributed by atoms with E-state index in [-0.39, 0.29) is 6.42 Å². The molecule has 0 radical (unpaired) electrons. The fourth-order valence-corrected chi connectivity index (χ4v) is 3.26. The summed E-state index contributed by atoms with van der Waals surface area (Å²) in [5.74, 6) is -1.50. The molecule has 0 atom stereocenters. The first-order chi connectivity index (χ1) is 13.0. The average molecular weight is 387 g/mol. The lowest BCUT2D eigenvalue weighted by Crippen LogP contribution is -2.20. The van der Waals surface area contributed by atoms with Gasteiger partial charge < -0.3 is 14.0 Å². The van der Waals surface area contributed by atoms with Crippen LogP contribution in [0.3, 0.4) is 0 Å².